The van der Waals surface area contributed by atoms with E-state index in [1.54, 1.807) is 15.2 Å². The molecule has 0 saturated carbocycles. The van der Waals surface area contributed by atoms with Gasteiger partial charge in [-0.3, -0.25) is 14.4 Å². The van der Waals surface area contributed by atoms with E-state index in [4.69, 9.17) is 5.73 Å². The maximum absolute atomic E-state index is 13.8. The fourth-order valence-corrected chi connectivity index (χ4v) is 6.15. The first-order chi connectivity index (χ1) is 16.2. The van der Waals surface area contributed by atoms with E-state index >= 15 is 0 Å². The smallest absolute Gasteiger partial charge is 0.275 e. The molecule has 1 aromatic heterocycles. The van der Waals surface area contributed by atoms with Gasteiger partial charge in [-0.05, 0) is 50.1 Å². The van der Waals surface area contributed by atoms with E-state index in [1.807, 2.05) is 18.7 Å². The molecule has 0 aliphatic carbocycles. The van der Waals surface area contributed by atoms with Gasteiger partial charge in [-0.2, -0.15) is 0 Å². The summed E-state index contributed by atoms with van der Waals surface area (Å²) in [7, 11) is 0. The van der Waals surface area contributed by atoms with Crippen LogP contribution in [0.4, 0.5) is 5.13 Å². The molecule has 188 valence electrons. The molecule has 34 heavy (non-hydrogen) atoms. The van der Waals surface area contributed by atoms with Crippen molar-refractivity contribution >= 4 is 34.2 Å². The summed E-state index contributed by atoms with van der Waals surface area (Å²) in [6, 6.07) is -1.15. The van der Waals surface area contributed by atoms with Crippen molar-refractivity contribution in [2.75, 3.05) is 31.9 Å². The third kappa shape index (κ3) is 4.66. The van der Waals surface area contributed by atoms with Crippen LogP contribution in [0.15, 0.2) is 5.38 Å². The minimum Gasteiger partial charge on any atom is -0.375 e. The topological polar surface area (TPSA) is 112 Å². The largest absolute Gasteiger partial charge is 0.375 e. The predicted molar refractivity (Wildman–Crippen MR) is 132 cm³/mol. The lowest BCUT2D eigenvalue weighted by Crippen LogP contribution is -2.65. The Labute approximate surface area is 206 Å². The third-order valence-electron chi connectivity index (χ3n) is 7.56. The van der Waals surface area contributed by atoms with Crippen molar-refractivity contribution in [2.45, 2.75) is 71.6 Å². The molecule has 3 fully saturated rings. The fourth-order valence-electron chi connectivity index (χ4n) is 5.61. The van der Waals surface area contributed by atoms with Gasteiger partial charge in [0.15, 0.2) is 5.13 Å². The Morgan fingerprint density at radius 2 is 1.94 bits per heavy atom. The molecule has 4 atom stereocenters. The van der Waals surface area contributed by atoms with Gasteiger partial charge < -0.3 is 25.8 Å². The summed E-state index contributed by atoms with van der Waals surface area (Å²) in [6.45, 7) is 11.1. The van der Waals surface area contributed by atoms with E-state index < -0.39 is 18.2 Å². The Morgan fingerprint density at radius 3 is 2.53 bits per heavy atom. The summed E-state index contributed by atoms with van der Waals surface area (Å²) >= 11 is 1.22. The number of hydrogen-bond donors (Lipinski definition) is 2. The molecule has 1 aromatic rings. The third-order valence-corrected chi connectivity index (χ3v) is 8.23. The lowest BCUT2D eigenvalue weighted by molar-refractivity contribution is -0.156. The monoisotopic (exact) mass is 490 g/mol. The molecule has 3 N–H and O–H groups in total. The van der Waals surface area contributed by atoms with Gasteiger partial charge in [0.1, 0.15) is 23.9 Å². The second-order valence-corrected chi connectivity index (χ2v) is 11.3. The molecule has 0 bridgehead atoms. The maximum Gasteiger partial charge on any atom is 0.275 e. The molecular formula is C24H38N6O3S. The van der Waals surface area contributed by atoms with Crippen molar-refractivity contribution in [3.63, 3.8) is 0 Å². The number of piperazine rings is 1. The lowest BCUT2D eigenvalue weighted by Gasteiger charge is -2.47. The molecule has 0 aromatic carbocycles. The zero-order valence-corrected chi connectivity index (χ0v) is 21.5. The van der Waals surface area contributed by atoms with Gasteiger partial charge in [-0.1, -0.05) is 34.1 Å². The van der Waals surface area contributed by atoms with E-state index in [1.165, 1.54) is 11.3 Å². The van der Waals surface area contributed by atoms with Gasteiger partial charge in [0.25, 0.3) is 5.91 Å². The number of hydrogen-bond acceptors (Lipinski definition) is 7. The summed E-state index contributed by atoms with van der Waals surface area (Å²) in [6.07, 6.45) is 2.90. The van der Waals surface area contributed by atoms with Crippen LogP contribution in [-0.4, -0.2) is 81.8 Å². The normalized spacial score (nSPS) is 27.0. The molecule has 9 nitrogen and oxygen atoms in total. The Bertz CT molecular complexity index is 914. The second-order valence-electron chi connectivity index (χ2n) is 10.4. The predicted octanol–water partition coefficient (Wildman–Crippen LogP) is 2.01. The summed E-state index contributed by atoms with van der Waals surface area (Å²) < 4.78 is 0. The zero-order valence-electron chi connectivity index (χ0n) is 20.7. The number of fused-ring (bicyclic) bond motifs is 1. The van der Waals surface area contributed by atoms with Crippen LogP contribution in [0.3, 0.4) is 0 Å². The van der Waals surface area contributed by atoms with Crippen molar-refractivity contribution in [1.29, 1.82) is 0 Å². The number of nitrogens with two attached hydrogens (primary N) is 1. The SMILES string of the molecule is CCC(C)[C@H]1C(=O)N(CC2CCNCC2)CC2N1C(=O)[C@H](CC(C)C)N2C(=O)c1csc(N)n1. The van der Waals surface area contributed by atoms with Crippen LogP contribution in [0.1, 0.15) is 63.9 Å². The van der Waals surface area contributed by atoms with Gasteiger partial charge in [0.05, 0.1) is 6.54 Å². The van der Waals surface area contributed by atoms with Gasteiger partial charge in [0.2, 0.25) is 11.8 Å². The summed E-state index contributed by atoms with van der Waals surface area (Å²) in [5, 5.41) is 5.37. The minimum atomic E-state index is -0.599. The zero-order chi connectivity index (χ0) is 24.6. The van der Waals surface area contributed by atoms with Gasteiger partial charge >= 0.3 is 0 Å². The average molecular weight is 491 g/mol. The van der Waals surface area contributed by atoms with Crippen LogP contribution in [0.25, 0.3) is 0 Å². The van der Waals surface area contributed by atoms with E-state index in [2.05, 4.69) is 24.1 Å². The first-order valence-corrected chi connectivity index (χ1v) is 13.5. The van der Waals surface area contributed by atoms with Crippen LogP contribution in [0, 0.1) is 17.8 Å². The standard InChI is InChI=1S/C24H38N6O3S/c1-5-15(4)20-23(33)28(11-16-6-8-26-9-7-16)12-19-29(21(31)17-13-34-24(25)27-17)18(10-14(2)3)22(32)30(19)20/h13-16,18-20,26H,5-12H2,1-4H3,(H2,25,27)/t15?,18-,19?,20-/m0/s1. The molecule has 4 heterocycles. The Balaban J connectivity index is 1.71. The Morgan fingerprint density at radius 1 is 1.24 bits per heavy atom. The quantitative estimate of drug-likeness (QED) is 0.605. The molecule has 10 heteroatoms. The molecular weight excluding hydrogens is 452 g/mol. The molecule has 3 saturated heterocycles. The number of thiazole rings is 1. The van der Waals surface area contributed by atoms with Crippen molar-refractivity contribution < 1.29 is 14.4 Å². The number of nitrogens with one attached hydrogen (secondary N) is 1. The second kappa shape index (κ2) is 10.2. The number of nitrogen functional groups attached to an aromatic ring is 1. The average Bonchev–Trinajstić information content (AvgIpc) is 3.35. The number of anilines is 1. The number of aromatic nitrogens is 1. The Hall–Kier alpha value is -2.20. The van der Waals surface area contributed by atoms with Crippen molar-refractivity contribution in [3.8, 4) is 0 Å². The number of rotatable bonds is 7. The summed E-state index contributed by atoms with van der Waals surface area (Å²) in [4.78, 5) is 50.8. The number of carbonyl (C=O) groups is 3. The highest BCUT2D eigenvalue weighted by Crippen LogP contribution is 2.37. The van der Waals surface area contributed by atoms with E-state index in [-0.39, 0.29) is 35.3 Å². The van der Waals surface area contributed by atoms with E-state index in [0.717, 1.165) is 32.4 Å². The minimum absolute atomic E-state index is 0.000517. The molecule has 0 radical (unpaired) electrons. The van der Waals surface area contributed by atoms with E-state index in [0.29, 0.717) is 30.6 Å². The van der Waals surface area contributed by atoms with Crippen LogP contribution < -0.4 is 11.1 Å². The molecule has 3 aliphatic heterocycles. The van der Waals surface area contributed by atoms with Crippen molar-refractivity contribution in [1.82, 2.24) is 25.0 Å². The number of piperidine rings is 1. The van der Waals surface area contributed by atoms with Crippen LogP contribution >= 0.6 is 11.3 Å². The number of nitrogens with zero attached hydrogens (tertiary/aromatic N) is 4. The van der Waals surface area contributed by atoms with Crippen LogP contribution in [0.2, 0.25) is 0 Å². The highest BCUT2D eigenvalue weighted by atomic mass is 32.1. The lowest BCUT2D eigenvalue weighted by atomic mass is 9.91. The molecule has 2 unspecified atom stereocenters. The van der Waals surface area contributed by atoms with E-state index in [9.17, 15) is 14.4 Å². The first-order valence-electron chi connectivity index (χ1n) is 12.6. The van der Waals surface area contributed by atoms with Crippen LogP contribution in [-0.2, 0) is 9.59 Å². The maximum atomic E-state index is 13.8. The van der Waals surface area contributed by atoms with Gasteiger partial charge in [0, 0.05) is 11.9 Å². The summed E-state index contributed by atoms with van der Waals surface area (Å²) in [5.41, 5.74) is 6.09. The van der Waals surface area contributed by atoms with Gasteiger partial charge in [-0.25, -0.2) is 4.98 Å². The van der Waals surface area contributed by atoms with Crippen molar-refractivity contribution in [2.24, 2.45) is 17.8 Å². The molecule has 4 rings (SSSR count). The molecule has 3 aliphatic rings. The highest BCUT2D eigenvalue weighted by Gasteiger charge is 2.57. The molecule has 3 amide bonds. The fraction of sp³-hybridized carbons (Fsp3) is 0.750. The van der Waals surface area contributed by atoms with Crippen molar-refractivity contribution in [3.05, 3.63) is 11.1 Å². The number of carbonyl (C=O) groups excluding carboxylic acids is 3. The van der Waals surface area contributed by atoms with Crippen LogP contribution in [0.5, 0.6) is 0 Å². The Kier molecular flexibility index (Phi) is 7.47. The first kappa shape index (κ1) is 24.9. The van der Waals surface area contributed by atoms with Gasteiger partial charge in [-0.15, -0.1) is 11.3 Å². The number of amides is 3. The molecule has 0 spiro atoms. The summed E-state index contributed by atoms with van der Waals surface area (Å²) in [5.74, 6) is 0.274. The highest BCUT2D eigenvalue weighted by molar-refractivity contribution is 7.13.